The maximum atomic E-state index is 12.4. The molecule has 1 amide bonds. The second-order valence-corrected chi connectivity index (χ2v) is 5.73. The van der Waals surface area contributed by atoms with Crippen LogP contribution in [0.3, 0.4) is 0 Å². The van der Waals surface area contributed by atoms with Gasteiger partial charge in [0, 0.05) is 11.6 Å². The molecule has 2 aromatic rings. The van der Waals surface area contributed by atoms with E-state index in [1.807, 2.05) is 35.0 Å². The van der Waals surface area contributed by atoms with E-state index in [-0.39, 0.29) is 23.2 Å². The van der Waals surface area contributed by atoms with Gasteiger partial charge in [0.05, 0.1) is 5.57 Å². The monoisotopic (exact) mass is 299 g/mol. The number of rotatable bonds is 5. The van der Waals surface area contributed by atoms with Crippen LogP contribution < -0.4 is 5.32 Å². The summed E-state index contributed by atoms with van der Waals surface area (Å²) in [6, 6.07) is 11.0. The van der Waals surface area contributed by atoms with Crippen LogP contribution in [0.15, 0.2) is 52.7 Å². The second kappa shape index (κ2) is 6.99. The zero-order valence-corrected chi connectivity index (χ0v) is 12.8. The van der Waals surface area contributed by atoms with Crippen LogP contribution >= 0.6 is 11.3 Å². The molecule has 0 fully saturated rings. The molecule has 3 nitrogen and oxygen atoms in total. The highest BCUT2D eigenvalue weighted by molar-refractivity contribution is 7.08. The average molecular weight is 299 g/mol. The Labute approximate surface area is 128 Å². The van der Waals surface area contributed by atoms with Gasteiger partial charge in [0.25, 0.3) is 5.91 Å². The summed E-state index contributed by atoms with van der Waals surface area (Å²) in [5, 5.41) is 6.59. The van der Waals surface area contributed by atoms with Crippen molar-refractivity contribution in [2.24, 2.45) is 5.92 Å². The molecule has 4 heteroatoms. The van der Waals surface area contributed by atoms with Crippen molar-refractivity contribution in [2.75, 3.05) is 5.32 Å². The lowest BCUT2D eigenvalue weighted by Gasteiger charge is -2.10. The van der Waals surface area contributed by atoms with Crippen LogP contribution in [0.1, 0.15) is 19.4 Å². The Morgan fingerprint density at radius 3 is 2.43 bits per heavy atom. The fourth-order valence-electron chi connectivity index (χ4n) is 1.80. The lowest BCUT2D eigenvalue weighted by atomic mass is 9.98. The van der Waals surface area contributed by atoms with Crippen LogP contribution in [0.5, 0.6) is 0 Å². The van der Waals surface area contributed by atoms with Gasteiger partial charge in [0.15, 0.2) is 5.78 Å². The maximum absolute atomic E-state index is 12.4. The molecule has 0 saturated heterocycles. The Balaban J connectivity index is 2.27. The average Bonchev–Trinajstić information content (AvgIpc) is 2.98. The number of anilines is 1. The van der Waals surface area contributed by atoms with Gasteiger partial charge >= 0.3 is 0 Å². The Hall–Kier alpha value is -2.20. The molecule has 1 aromatic carbocycles. The SMILES string of the molecule is CC(C)C(=O)/C(=C/c1ccsc1)C(=O)Nc1ccccc1. The van der Waals surface area contributed by atoms with Gasteiger partial charge in [0.1, 0.15) is 0 Å². The first kappa shape index (κ1) is 15.2. The third-order valence-electron chi connectivity index (χ3n) is 2.92. The summed E-state index contributed by atoms with van der Waals surface area (Å²) >= 11 is 1.53. The van der Waals surface area contributed by atoms with E-state index in [0.717, 1.165) is 5.56 Å². The van der Waals surface area contributed by atoms with Crippen LogP contribution in [0.25, 0.3) is 6.08 Å². The summed E-state index contributed by atoms with van der Waals surface area (Å²) < 4.78 is 0. The van der Waals surface area contributed by atoms with Gasteiger partial charge in [-0.15, -0.1) is 0 Å². The molecule has 1 N–H and O–H groups in total. The lowest BCUT2D eigenvalue weighted by molar-refractivity contribution is -0.121. The highest BCUT2D eigenvalue weighted by Gasteiger charge is 2.21. The minimum absolute atomic E-state index is 0.158. The van der Waals surface area contributed by atoms with Gasteiger partial charge in [-0.05, 0) is 40.6 Å². The Morgan fingerprint density at radius 1 is 1.14 bits per heavy atom. The van der Waals surface area contributed by atoms with E-state index in [1.54, 1.807) is 32.1 Å². The van der Waals surface area contributed by atoms with E-state index >= 15 is 0 Å². The molecule has 0 aliphatic rings. The number of hydrogen-bond donors (Lipinski definition) is 1. The number of Topliss-reactive ketones (excluding diaryl/α,β-unsaturated/α-hetero) is 1. The van der Waals surface area contributed by atoms with Crippen molar-refractivity contribution in [1.29, 1.82) is 0 Å². The number of thiophene rings is 1. The van der Waals surface area contributed by atoms with Crippen molar-refractivity contribution in [2.45, 2.75) is 13.8 Å². The third kappa shape index (κ3) is 4.13. The molecule has 0 aliphatic carbocycles. The van der Waals surface area contributed by atoms with Gasteiger partial charge in [-0.1, -0.05) is 32.0 Å². The summed E-state index contributed by atoms with van der Waals surface area (Å²) in [4.78, 5) is 24.7. The van der Waals surface area contributed by atoms with Crippen molar-refractivity contribution in [3.8, 4) is 0 Å². The fourth-order valence-corrected chi connectivity index (χ4v) is 2.42. The molecule has 108 valence electrons. The van der Waals surface area contributed by atoms with Gasteiger partial charge in [-0.2, -0.15) is 11.3 Å². The van der Waals surface area contributed by atoms with E-state index in [9.17, 15) is 9.59 Å². The number of amides is 1. The van der Waals surface area contributed by atoms with E-state index in [2.05, 4.69) is 5.32 Å². The van der Waals surface area contributed by atoms with E-state index in [1.165, 1.54) is 11.3 Å². The minimum atomic E-state index is -0.369. The van der Waals surface area contributed by atoms with Gasteiger partial charge in [0.2, 0.25) is 0 Å². The number of ketones is 1. The lowest BCUT2D eigenvalue weighted by Crippen LogP contribution is -2.23. The molecule has 2 rings (SSSR count). The fraction of sp³-hybridized carbons (Fsp3) is 0.176. The van der Waals surface area contributed by atoms with Gasteiger partial charge in [-0.3, -0.25) is 9.59 Å². The smallest absolute Gasteiger partial charge is 0.259 e. The Morgan fingerprint density at radius 2 is 1.86 bits per heavy atom. The van der Waals surface area contributed by atoms with Gasteiger partial charge in [-0.25, -0.2) is 0 Å². The summed E-state index contributed by atoms with van der Waals surface area (Å²) in [6.45, 7) is 3.58. The van der Waals surface area contributed by atoms with Crippen LogP contribution in [0, 0.1) is 5.92 Å². The number of carbonyl (C=O) groups excluding carboxylic acids is 2. The molecule has 0 radical (unpaired) electrons. The molecule has 1 heterocycles. The predicted molar refractivity (Wildman–Crippen MR) is 87.2 cm³/mol. The second-order valence-electron chi connectivity index (χ2n) is 4.95. The van der Waals surface area contributed by atoms with E-state index in [4.69, 9.17) is 0 Å². The standard InChI is InChI=1S/C17H17NO2S/c1-12(2)16(19)15(10-13-8-9-21-11-13)17(20)18-14-6-4-3-5-7-14/h3-12H,1-2H3,(H,18,20)/b15-10-. The molecule has 0 unspecified atom stereocenters. The van der Waals surface area contributed by atoms with E-state index < -0.39 is 0 Å². The molecule has 0 spiro atoms. The summed E-state index contributed by atoms with van der Waals surface area (Å²) in [6.07, 6.45) is 1.65. The normalized spacial score (nSPS) is 11.5. The number of hydrogen-bond acceptors (Lipinski definition) is 3. The van der Waals surface area contributed by atoms with Crippen molar-refractivity contribution in [3.63, 3.8) is 0 Å². The molecule has 0 aliphatic heterocycles. The zero-order valence-electron chi connectivity index (χ0n) is 12.0. The number of benzene rings is 1. The molecular weight excluding hydrogens is 282 g/mol. The molecule has 0 bridgehead atoms. The molecular formula is C17H17NO2S. The zero-order chi connectivity index (χ0) is 15.2. The van der Waals surface area contributed by atoms with Crippen molar-refractivity contribution in [3.05, 3.63) is 58.3 Å². The molecule has 1 aromatic heterocycles. The van der Waals surface area contributed by atoms with Crippen molar-refractivity contribution < 1.29 is 9.59 Å². The highest BCUT2D eigenvalue weighted by atomic mass is 32.1. The molecule has 0 atom stereocenters. The van der Waals surface area contributed by atoms with Crippen molar-refractivity contribution >= 4 is 34.8 Å². The Kier molecular flexibility index (Phi) is 5.06. The van der Waals surface area contributed by atoms with Gasteiger partial charge < -0.3 is 5.32 Å². The minimum Gasteiger partial charge on any atom is -0.322 e. The highest BCUT2D eigenvalue weighted by Crippen LogP contribution is 2.16. The first-order valence-corrected chi connectivity index (χ1v) is 7.66. The van der Waals surface area contributed by atoms with Crippen LogP contribution in [-0.4, -0.2) is 11.7 Å². The number of carbonyl (C=O) groups is 2. The Bertz CT molecular complexity index is 643. The van der Waals surface area contributed by atoms with E-state index in [0.29, 0.717) is 5.69 Å². The summed E-state index contributed by atoms with van der Waals surface area (Å²) in [7, 11) is 0. The first-order valence-electron chi connectivity index (χ1n) is 6.72. The summed E-state index contributed by atoms with van der Waals surface area (Å²) in [5.74, 6) is -0.753. The number of para-hydroxylation sites is 1. The predicted octanol–water partition coefficient (Wildman–Crippen LogP) is 4.00. The molecule has 21 heavy (non-hydrogen) atoms. The largest absolute Gasteiger partial charge is 0.322 e. The van der Waals surface area contributed by atoms with Crippen LogP contribution in [-0.2, 0) is 9.59 Å². The quantitative estimate of drug-likeness (QED) is 0.515. The molecule has 0 saturated carbocycles. The van der Waals surface area contributed by atoms with Crippen molar-refractivity contribution in [1.82, 2.24) is 0 Å². The number of nitrogens with one attached hydrogen (secondary N) is 1. The van der Waals surface area contributed by atoms with Crippen LogP contribution in [0.2, 0.25) is 0 Å². The maximum Gasteiger partial charge on any atom is 0.259 e. The topological polar surface area (TPSA) is 46.2 Å². The first-order chi connectivity index (χ1) is 10.1. The summed E-state index contributed by atoms with van der Waals surface area (Å²) in [5.41, 5.74) is 1.73. The third-order valence-corrected chi connectivity index (χ3v) is 3.62. The van der Waals surface area contributed by atoms with Crippen LogP contribution in [0.4, 0.5) is 5.69 Å².